The topological polar surface area (TPSA) is 18.5 Å². The summed E-state index contributed by atoms with van der Waals surface area (Å²) in [5, 5.41) is 0. The van der Waals surface area contributed by atoms with Crippen LogP contribution >= 0.6 is 0 Å². The fourth-order valence-electron chi connectivity index (χ4n) is 0.880. The Bertz CT molecular complexity index is 226. The number of methoxy groups -OCH3 is 2. The quantitative estimate of drug-likeness (QED) is 0.706. The van der Waals surface area contributed by atoms with Gasteiger partial charge in [-0.1, -0.05) is 0 Å². The number of hydrogen-bond donors (Lipinski definition) is 0. The predicted octanol–water partition coefficient (Wildman–Crippen LogP) is 0.230. The van der Waals surface area contributed by atoms with Crippen LogP contribution in [0.3, 0.4) is 0 Å². The normalized spacial score (nSPS) is 9.36. The molecule has 3 heteroatoms. The molecule has 0 saturated carbocycles. The third kappa shape index (κ3) is 1.80. The summed E-state index contributed by atoms with van der Waals surface area (Å²) in [4.78, 5) is 0. The van der Waals surface area contributed by atoms with Crippen molar-refractivity contribution in [1.82, 2.24) is 0 Å². The Morgan fingerprint density at radius 2 is 1.55 bits per heavy atom. The molecule has 0 aliphatic heterocycles. The molecular weight excluding hydrogens is 247 g/mol. The van der Waals surface area contributed by atoms with Crippen molar-refractivity contribution in [3.05, 3.63) is 18.2 Å². The molecule has 2 radical (unpaired) electrons. The van der Waals surface area contributed by atoms with Crippen molar-refractivity contribution < 1.29 is 9.47 Å². The Balaban J connectivity index is 3.10. The Morgan fingerprint density at radius 1 is 1.09 bits per heavy atom. The van der Waals surface area contributed by atoms with E-state index in [1.165, 1.54) is 3.58 Å². The van der Waals surface area contributed by atoms with Gasteiger partial charge in [-0.2, -0.15) is 0 Å². The molecule has 2 nitrogen and oxygen atoms in total. The maximum absolute atomic E-state index is 5.14. The van der Waals surface area contributed by atoms with E-state index < -0.39 is 0 Å². The van der Waals surface area contributed by atoms with Gasteiger partial charge in [-0.05, 0) is 0 Å². The summed E-state index contributed by atoms with van der Waals surface area (Å²) in [6, 6.07) is 5.82. The van der Waals surface area contributed by atoms with E-state index in [1.807, 2.05) is 18.2 Å². The van der Waals surface area contributed by atoms with Gasteiger partial charge in [-0.25, -0.2) is 0 Å². The Hall–Kier alpha value is -0.381. The number of ether oxygens (including phenoxy) is 2. The van der Waals surface area contributed by atoms with Crippen molar-refractivity contribution in [2.45, 2.75) is 0 Å². The molecule has 0 heterocycles. The van der Waals surface area contributed by atoms with Crippen LogP contribution in [-0.4, -0.2) is 36.7 Å². The van der Waals surface area contributed by atoms with Crippen molar-refractivity contribution in [1.29, 1.82) is 0 Å². The molecule has 0 bridgehead atoms. The minimum atomic E-state index is 0.923. The standard InChI is InChI=1S/C8H9O2.Sn.H/c1-9-7-4-3-5-8(6-7)10-2;;/h3-5H,1-2H3;;. The van der Waals surface area contributed by atoms with E-state index in [4.69, 9.17) is 9.47 Å². The molecule has 0 aliphatic carbocycles. The van der Waals surface area contributed by atoms with E-state index in [1.54, 1.807) is 14.2 Å². The molecule has 0 saturated heterocycles. The minimum absolute atomic E-state index is 0.923. The van der Waals surface area contributed by atoms with Crippen molar-refractivity contribution in [3.8, 4) is 11.5 Å². The summed E-state index contributed by atoms with van der Waals surface area (Å²) < 4.78 is 11.4. The van der Waals surface area contributed by atoms with Gasteiger partial charge < -0.3 is 0 Å². The van der Waals surface area contributed by atoms with Crippen molar-refractivity contribution in [2.24, 2.45) is 0 Å². The van der Waals surface area contributed by atoms with Crippen LogP contribution in [0, 0.1) is 0 Å². The first-order valence-corrected chi connectivity index (χ1v) is 4.91. The molecule has 1 rings (SSSR count). The van der Waals surface area contributed by atoms with Crippen molar-refractivity contribution in [2.75, 3.05) is 14.2 Å². The zero-order valence-corrected chi connectivity index (χ0v) is 9.92. The molecule has 58 valence electrons. The van der Waals surface area contributed by atoms with E-state index in [2.05, 4.69) is 0 Å². The molecule has 11 heavy (non-hydrogen) atoms. The second-order valence-corrected chi connectivity index (χ2v) is 3.72. The van der Waals surface area contributed by atoms with Gasteiger partial charge >= 0.3 is 79.5 Å². The van der Waals surface area contributed by atoms with Gasteiger partial charge in [-0.15, -0.1) is 0 Å². The monoisotopic (exact) mass is 258 g/mol. The Labute approximate surface area is 79.6 Å². The van der Waals surface area contributed by atoms with Gasteiger partial charge in [0.2, 0.25) is 0 Å². The molecule has 1 aromatic carbocycles. The molecular formula is C8H10O2Sn. The third-order valence-electron chi connectivity index (χ3n) is 1.47. The average Bonchev–Trinajstić information content (AvgIpc) is 2.05. The second kappa shape index (κ2) is 3.85. The van der Waals surface area contributed by atoms with E-state index in [9.17, 15) is 0 Å². The van der Waals surface area contributed by atoms with E-state index in [0.717, 1.165) is 34.0 Å². The van der Waals surface area contributed by atoms with Gasteiger partial charge in [0.15, 0.2) is 0 Å². The van der Waals surface area contributed by atoms with Gasteiger partial charge in [0.1, 0.15) is 0 Å². The zero-order valence-electron chi connectivity index (χ0n) is 6.63. The van der Waals surface area contributed by atoms with Crippen LogP contribution in [0.4, 0.5) is 0 Å². The molecule has 0 fully saturated rings. The average molecular weight is 257 g/mol. The summed E-state index contributed by atoms with van der Waals surface area (Å²) in [6.45, 7) is 0. The Morgan fingerprint density at radius 3 is 1.91 bits per heavy atom. The Kier molecular flexibility index (Phi) is 3.05. The number of rotatable bonds is 2. The third-order valence-corrected chi connectivity index (χ3v) is 3.09. The first-order chi connectivity index (χ1) is 5.29. The first kappa shape index (κ1) is 8.71. The van der Waals surface area contributed by atoms with Crippen LogP contribution in [0.1, 0.15) is 0 Å². The second-order valence-electron chi connectivity index (χ2n) is 2.08. The first-order valence-electron chi connectivity index (χ1n) is 3.26. The molecule has 0 unspecified atom stereocenters. The van der Waals surface area contributed by atoms with Crippen molar-refractivity contribution in [3.63, 3.8) is 0 Å². The summed E-state index contributed by atoms with van der Waals surface area (Å²) in [5.41, 5.74) is 0. The van der Waals surface area contributed by atoms with Crippen LogP contribution in [-0.2, 0) is 0 Å². The molecule has 0 spiro atoms. The van der Waals surface area contributed by atoms with E-state index >= 15 is 0 Å². The van der Waals surface area contributed by atoms with Crippen molar-refractivity contribution >= 4 is 26.1 Å². The van der Waals surface area contributed by atoms with Gasteiger partial charge in [0, 0.05) is 0 Å². The number of benzene rings is 1. The molecule has 0 atom stereocenters. The molecule has 0 N–H and O–H groups in total. The maximum atomic E-state index is 5.14. The van der Waals surface area contributed by atoms with Crippen LogP contribution in [0.25, 0.3) is 0 Å². The van der Waals surface area contributed by atoms with E-state index in [0.29, 0.717) is 0 Å². The van der Waals surface area contributed by atoms with Gasteiger partial charge in [-0.3, -0.25) is 0 Å². The zero-order chi connectivity index (χ0) is 8.27. The summed E-state index contributed by atoms with van der Waals surface area (Å²) in [5.74, 6) is 1.85. The molecule has 0 aromatic heterocycles. The summed E-state index contributed by atoms with van der Waals surface area (Å²) in [7, 11) is 3.35. The molecule has 1 aromatic rings. The summed E-state index contributed by atoms with van der Waals surface area (Å²) >= 11 is 1.01. The van der Waals surface area contributed by atoms with Crippen LogP contribution in [0.2, 0.25) is 0 Å². The molecule has 0 aliphatic rings. The summed E-state index contributed by atoms with van der Waals surface area (Å²) in [6.07, 6.45) is 0. The van der Waals surface area contributed by atoms with Crippen LogP contribution < -0.4 is 13.1 Å². The number of hydrogen-bond acceptors (Lipinski definition) is 2. The van der Waals surface area contributed by atoms with E-state index in [-0.39, 0.29) is 0 Å². The van der Waals surface area contributed by atoms with Gasteiger partial charge in [0.05, 0.1) is 0 Å². The van der Waals surface area contributed by atoms with Crippen LogP contribution in [0.15, 0.2) is 18.2 Å². The fourth-order valence-corrected chi connectivity index (χ4v) is 2.10. The SMILES string of the molecule is COc1cccc(OC)[c]1[SnH]. The molecule has 0 amide bonds. The van der Waals surface area contributed by atoms with Crippen LogP contribution in [0.5, 0.6) is 11.5 Å². The predicted molar refractivity (Wildman–Crippen MR) is 46.3 cm³/mol. The van der Waals surface area contributed by atoms with Gasteiger partial charge in [0.25, 0.3) is 0 Å². The fraction of sp³-hybridized carbons (Fsp3) is 0.250.